The summed E-state index contributed by atoms with van der Waals surface area (Å²) in [6.07, 6.45) is 5.84. The minimum Gasteiger partial charge on any atom is -0.481 e. The summed E-state index contributed by atoms with van der Waals surface area (Å²) >= 11 is 6.31. The highest BCUT2D eigenvalue weighted by atomic mass is 35.5. The molecule has 4 saturated carbocycles. The van der Waals surface area contributed by atoms with E-state index >= 15 is 0 Å². The maximum absolute atomic E-state index is 14.8. The number of aliphatic carboxylic acids is 2. The Balaban J connectivity index is 1.38. The van der Waals surface area contributed by atoms with Crippen molar-refractivity contribution in [3.05, 3.63) is 46.0 Å². The lowest BCUT2D eigenvalue weighted by molar-refractivity contribution is -0.235. The smallest absolute Gasteiger partial charge is 0.309 e. The number of likely N-dealkylation sites (N-methyl/N-ethyl adjacent to an activating group) is 1. The van der Waals surface area contributed by atoms with Gasteiger partial charge in [-0.15, -0.1) is 0 Å². The molecule has 0 heterocycles. The minimum atomic E-state index is -1.33. The van der Waals surface area contributed by atoms with Gasteiger partial charge >= 0.3 is 23.9 Å². The fourth-order valence-corrected chi connectivity index (χ4v) is 14.6. The second kappa shape index (κ2) is 18.6. The summed E-state index contributed by atoms with van der Waals surface area (Å²) in [6.45, 7) is 24.9. The van der Waals surface area contributed by atoms with E-state index in [4.69, 9.17) is 21.1 Å². The van der Waals surface area contributed by atoms with E-state index in [1.54, 1.807) is 27.7 Å². The van der Waals surface area contributed by atoms with Crippen molar-refractivity contribution < 1.29 is 43.7 Å². The number of esters is 2. The molecule has 1 aromatic carbocycles. The van der Waals surface area contributed by atoms with E-state index in [9.17, 15) is 34.2 Å². The lowest BCUT2D eigenvalue weighted by atomic mass is 9.33. The molecule has 9 atom stereocenters. The molecule has 0 aliphatic heterocycles. The molecule has 8 unspecified atom stereocenters. The number of nitrogens with zero attached hydrogens (tertiary/aromatic N) is 2. The van der Waals surface area contributed by atoms with Gasteiger partial charge in [-0.2, -0.15) is 0 Å². The van der Waals surface area contributed by atoms with Crippen molar-refractivity contribution in [1.29, 1.82) is 0 Å². The van der Waals surface area contributed by atoms with Gasteiger partial charge < -0.3 is 24.6 Å². The average Bonchev–Trinajstić information content (AvgIpc) is 3.51. The maximum Gasteiger partial charge on any atom is 0.309 e. The van der Waals surface area contributed by atoms with Crippen LogP contribution >= 0.6 is 11.6 Å². The van der Waals surface area contributed by atoms with Crippen molar-refractivity contribution in [1.82, 2.24) is 9.80 Å². The Hall–Kier alpha value is -3.28. The molecule has 0 amide bonds. The fraction of sp³-hybridized carbons (Fsp3) is 0.759. The quantitative estimate of drug-likeness (QED) is 0.144. The van der Waals surface area contributed by atoms with Crippen LogP contribution in [-0.4, -0.2) is 95.6 Å². The summed E-state index contributed by atoms with van der Waals surface area (Å²) in [4.78, 5) is 71.0. The number of hydrogen-bond acceptors (Lipinski definition) is 9. The van der Waals surface area contributed by atoms with E-state index in [0.29, 0.717) is 37.0 Å². The molecule has 0 spiro atoms. The Labute approximate surface area is 400 Å². The zero-order valence-corrected chi connectivity index (χ0v) is 43.2. The topological polar surface area (TPSA) is 151 Å². The zero-order chi connectivity index (χ0) is 49.2. The average molecular weight is 938 g/mol. The SMILES string of the molecule is CC(C)C1=C2C3CCC4C5(C)CCC(OC(=O)CC(C)(C)C(=O)O)C(C)(C)C5CCC4(C)C3(C)CCC2([C@H](CN(CCN(C)C)Cc2ccc(Cl)cc2)OC(=O)CC(C)(C)C(=O)O)CC1=O. The number of ether oxygens (including phenoxy) is 2. The van der Waals surface area contributed by atoms with Crippen molar-refractivity contribution >= 4 is 41.3 Å². The second-order valence-corrected chi connectivity index (χ2v) is 25.0. The molecule has 5 aliphatic carbocycles. The van der Waals surface area contributed by atoms with Crippen molar-refractivity contribution in [2.45, 2.75) is 166 Å². The van der Waals surface area contributed by atoms with Crippen molar-refractivity contribution in [3.63, 3.8) is 0 Å². The lowest BCUT2D eigenvalue weighted by Crippen LogP contribution is -2.66. The largest absolute Gasteiger partial charge is 0.481 e. The first kappa shape index (κ1) is 52.1. The molecule has 5 aliphatic rings. The summed E-state index contributed by atoms with van der Waals surface area (Å²) in [7, 11) is 4.08. The number of hydrogen-bond donors (Lipinski definition) is 2. The van der Waals surface area contributed by atoms with Gasteiger partial charge in [0.15, 0.2) is 5.78 Å². The van der Waals surface area contributed by atoms with Gasteiger partial charge in [-0.3, -0.25) is 28.9 Å². The molecular formula is C54H81ClN2O9. The number of halogens is 1. The van der Waals surface area contributed by atoms with Crippen LogP contribution in [0.2, 0.25) is 5.02 Å². The highest BCUT2D eigenvalue weighted by Gasteiger charge is 2.71. The van der Waals surface area contributed by atoms with Crippen LogP contribution < -0.4 is 0 Å². The first-order chi connectivity index (χ1) is 30.4. The van der Waals surface area contributed by atoms with Crippen LogP contribution in [0.25, 0.3) is 0 Å². The molecule has 0 saturated heterocycles. The van der Waals surface area contributed by atoms with Gasteiger partial charge in [-0.1, -0.05) is 72.2 Å². The van der Waals surface area contributed by atoms with E-state index in [-0.39, 0.29) is 70.6 Å². The van der Waals surface area contributed by atoms with Crippen LogP contribution in [-0.2, 0) is 40.0 Å². The highest BCUT2D eigenvalue weighted by Crippen LogP contribution is 2.77. The number of Topliss-reactive ketones (excluding diaryl/α,β-unsaturated/α-hetero) is 1. The van der Waals surface area contributed by atoms with Crippen LogP contribution in [0.15, 0.2) is 35.4 Å². The Morgan fingerprint density at radius 2 is 1.39 bits per heavy atom. The first-order valence-corrected chi connectivity index (χ1v) is 25.1. The third-order valence-electron chi connectivity index (χ3n) is 18.5. The monoisotopic (exact) mass is 937 g/mol. The van der Waals surface area contributed by atoms with Gasteiger partial charge in [0.25, 0.3) is 0 Å². The second-order valence-electron chi connectivity index (χ2n) is 24.6. The third kappa shape index (κ3) is 9.41. The van der Waals surface area contributed by atoms with E-state index in [1.165, 1.54) is 5.57 Å². The van der Waals surface area contributed by atoms with E-state index < -0.39 is 46.2 Å². The third-order valence-corrected chi connectivity index (χ3v) is 18.8. The Kier molecular flexibility index (Phi) is 14.7. The molecule has 4 fully saturated rings. The Morgan fingerprint density at radius 1 is 0.788 bits per heavy atom. The number of carboxylic acids is 2. The van der Waals surface area contributed by atoms with Crippen LogP contribution in [0.5, 0.6) is 0 Å². The van der Waals surface area contributed by atoms with Gasteiger partial charge in [0.05, 0.1) is 23.7 Å². The summed E-state index contributed by atoms with van der Waals surface area (Å²) in [5.74, 6) is -2.24. The van der Waals surface area contributed by atoms with E-state index in [1.807, 2.05) is 38.4 Å². The lowest BCUT2D eigenvalue weighted by Gasteiger charge is -2.72. The van der Waals surface area contributed by atoms with Gasteiger partial charge in [-0.25, -0.2) is 0 Å². The standard InChI is InChI=1S/C54H81ClN2O9/c1-33(2)44-37(58)28-54(41(66-43(60)30-49(5,6)47(63)64)32-57(27-26-56(12)13)31-34-14-16-35(55)17-15-34)25-24-52(10)36(45(44)54)18-19-39-51(9)22-21-40(65-42(59)29-48(3,4)46(61)62)50(7,8)38(51)20-23-53(39,52)11/h14-17,33,36,38-41H,18-32H2,1-13H3,(H,61,62)(H,63,64)/t36?,38?,39?,40?,41-,51?,52?,53?,54?/m0/s1. The highest BCUT2D eigenvalue weighted by molar-refractivity contribution is 6.30. The number of benzene rings is 1. The van der Waals surface area contributed by atoms with Crippen LogP contribution in [0, 0.1) is 61.6 Å². The van der Waals surface area contributed by atoms with E-state index in [2.05, 4.69) is 58.3 Å². The molecule has 11 nitrogen and oxygen atoms in total. The predicted molar refractivity (Wildman–Crippen MR) is 257 cm³/mol. The number of rotatable bonds is 17. The van der Waals surface area contributed by atoms with E-state index in [0.717, 1.165) is 62.6 Å². The maximum atomic E-state index is 14.8. The normalized spacial score (nSPS) is 32.3. The number of fused-ring (bicyclic) bond motifs is 7. The summed E-state index contributed by atoms with van der Waals surface area (Å²) in [5.41, 5.74) is -0.739. The summed E-state index contributed by atoms with van der Waals surface area (Å²) in [5, 5.41) is 20.4. The zero-order valence-electron chi connectivity index (χ0n) is 42.4. The van der Waals surface area contributed by atoms with Crippen molar-refractivity contribution in [2.75, 3.05) is 33.7 Å². The number of carboxylic acid groups (broad SMARTS) is 2. The van der Waals surface area contributed by atoms with Gasteiger partial charge in [-0.05, 0) is 162 Å². The van der Waals surface area contributed by atoms with Gasteiger partial charge in [0.2, 0.25) is 0 Å². The molecule has 368 valence electrons. The Morgan fingerprint density at radius 3 is 1.97 bits per heavy atom. The molecule has 66 heavy (non-hydrogen) atoms. The van der Waals surface area contributed by atoms with Crippen LogP contribution in [0.3, 0.4) is 0 Å². The molecule has 12 heteroatoms. The van der Waals surface area contributed by atoms with Gasteiger partial charge in [0, 0.05) is 48.5 Å². The summed E-state index contributed by atoms with van der Waals surface area (Å²) in [6, 6.07) is 7.81. The summed E-state index contributed by atoms with van der Waals surface area (Å²) < 4.78 is 13.0. The number of allylic oxidation sites excluding steroid dienone is 1. The molecule has 0 aromatic heterocycles. The molecule has 0 bridgehead atoms. The molecule has 6 rings (SSSR count). The number of carbonyl (C=O) groups is 5. The van der Waals surface area contributed by atoms with Gasteiger partial charge in [0.1, 0.15) is 12.2 Å². The first-order valence-electron chi connectivity index (χ1n) is 24.7. The molecule has 2 N–H and O–H groups in total. The van der Waals surface area contributed by atoms with Crippen LogP contribution in [0.1, 0.15) is 152 Å². The fourth-order valence-electron chi connectivity index (χ4n) is 14.5. The van der Waals surface area contributed by atoms with Crippen LogP contribution in [0.4, 0.5) is 0 Å². The molecular weight excluding hydrogens is 856 g/mol. The Bertz CT molecular complexity index is 2080. The minimum absolute atomic E-state index is 0.0309. The van der Waals surface area contributed by atoms with Crippen molar-refractivity contribution in [3.8, 4) is 0 Å². The predicted octanol–water partition coefficient (Wildman–Crippen LogP) is 10.5. The molecule has 1 aromatic rings. The molecule has 0 radical (unpaired) electrons. The number of ketones is 1. The number of carbonyl (C=O) groups excluding carboxylic acids is 3. The van der Waals surface area contributed by atoms with Crippen molar-refractivity contribution in [2.24, 2.45) is 61.6 Å².